The van der Waals surface area contributed by atoms with Gasteiger partial charge in [-0.05, 0) is 61.2 Å². The van der Waals surface area contributed by atoms with Crippen molar-refractivity contribution >= 4 is 33.2 Å². The lowest BCUT2D eigenvalue weighted by atomic mass is 9.95. The number of hydrogen-bond donors (Lipinski definition) is 1. The van der Waals surface area contributed by atoms with E-state index in [0.29, 0.717) is 13.2 Å². The number of nitrogens with zero attached hydrogens (tertiary/aromatic N) is 2. The summed E-state index contributed by atoms with van der Waals surface area (Å²) >= 11 is 0. The monoisotopic (exact) mass is 493 g/mol. The van der Waals surface area contributed by atoms with Gasteiger partial charge in [-0.15, -0.1) is 0 Å². The minimum Gasteiger partial charge on any atom is -0.493 e. The molecule has 0 aliphatic rings. The van der Waals surface area contributed by atoms with Gasteiger partial charge in [-0.1, -0.05) is 36.4 Å². The normalized spacial score (nSPS) is 11.8. The van der Waals surface area contributed by atoms with E-state index in [4.69, 9.17) is 9.15 Å². The van der Waals surface area contributed by atoms with Crippen molar-refractivity contribution in [2.75, 3.05) is 13.2 Å². The SMILES string of the molecule is CCOc1c(/C(C)=C/C(=O)NCCCn2ccnc2)cc2c(-c3ccc4ccccc4c3)coc2c1C. The maximum Gasteiger partial charge on any atom is 0.244 e. The number of aromatic nitrogens is 2. The number of carbonyl (C=O) groups is 1. The molecule has 188 valence electrons. The van der Waals surface area contributed by atoms with Crippen LogP contribution in [0.15, 0.2) is 84.0 Å². The quantitative estimate of drug-likeness (QED) is 0.182. The highest BCUT2D eigenvalue weighted by molar-refractivity contribution is 6.02. The Balaban J connectivity index is 1.45. The molecule has 1 N–H and O–H groups in total. The van der Waals surface area contributed by atoms with E-state index in [2.05, 4.69) is 46.7 Å². The van der Waals surface area contributed by atoms with Crippen molar-refractivity contribution in [3.05, 3.63) is 90.7 Å². The molecule has 0 saturated carbocycles. The second-order valence-corrected chi connectivity index (χ2v) is 9.17. The van der Waals surface area contributed by atoms with Crippen LogP contribution in [0, 0.1) is 6.92 Å². The molecule has 37 heavy (non-hydrogen) atoms. The molecule has 6 nitrogen and oxygen atoms in total. The zero-order chi connectivity index (χ0) is 25.8. The number of allylic oxidation sites excluding steroid dienone is 1. The zero-order valence-corrected chi connectivity index (χ0v) is 21.5. The first-order chi connectivity index (χ1) is 18.0. The van der Waals surface area contributed by atoms with Gasteiger partial charge in [0, 0.05) is 53.6 Å². The van der Waals surface area contributed by atoms with E-state index in [1.807, 2.05) is 49.9 Å². The first-order valence-corrected chi connectivity index (χ1v) is 12.6. The van der Waals surface area contributed by atoms with Gasteiger partial charge in [-0.2, -0.15) is 0 Å². The first-order valence-electron chi connectivity index (χ1n) is 12.6. The van der Waals surface area contributed by atoms with E-state index in [-0.39, 0.29) is 5.91 Å². The summed E-state index contributed by atoms with van der Waals surface area (Å²) in [6, 6.07) is 16.8. The summed E-state index contributed by atoms with van der Waals surface area (Å²) in [7, 11) is 0. The van der Waals surface area contributed by atoms with Crippen LogP contribution < -0.4 is 10.1 Å². The number of aryl methyl sites for hydroxylation is 2. The van der Waals surface area contributed by atoms with Crippen LogP contribution in [0.4, 0.5) is 0 Å². The van der Waals surface area contributed by atoms with Crippen LogP contribution in [0.3, 0.4) is 0 Å². The number of fused-ring (bicyclic) bond motifs is 2. The number of benzene rings is 3. The third-order valence-corrected chi connectivity index (χ3v) is 6.62. The average molecular weight is 494 g/mol. The lowest BCUT2D eigenvalue weighted by Crippen LogP contribution is -2.23. The summed E-state index contributed by atoms with van der Waals surface area (Å²) in [5, 5.41) is 6.37. The highest BCUT2D eigenvalue weighted by Crippen LogP contribution is 2.41. The Labute approximate surface area is 216 Å². The maximum atomic E-state index is 12.7. The smallest absolute Gasteiger partial charge is 0.244 e. The number of hydrogen-bond acceptors (Lipinski definition) is 4. The molecule has 0 aliphatic heterocycles. The largest absolute Gasteiger partial charge is 0.493 e. The van der Waals surface area contributed by atoms with Crippen molar-refractivity contribution in [1.82, 2.24) is 14.9 Å². The van der Waals surface area contributed by atoms with E-state index >= 15 is 0 Å². The van der Waals surface area contributed by atoms with Gasteiger partial charge in [0.15, 0.2) is 0 Å². The predicted molar refractivity (Wildman–Crippen MR) is 149 cm³/mol. The van der Waals surface area contributed by atoms with Gasteiger partial charge in [0.1, 0.15) is 11.3 Å². The summed E-state index contributed by atoms with van der Waals surface area (Å²) < 4.78 is 14.1. The molecule has 6 heteroatoms. The fourth-order valence-electron chi connectivity index (χ4n) is 4.74. The summed E-state index contributed by atoms with van der Waals surface area (Å²) in [4.78, 5) is 16.7. The molecule has 0 radical (unpaired) electrons. The van der Waals surface area contributed by atoms with Crippen molar-refractivity contribution in [2.24, 2.45) is 0 Å². The molecule has 2 aromatic heterocycles. The molecule has 0 spiro atoms. The van der Waals surface area contributed by atoms with Crippen molar-refractivity contribution in [2.45, 2.75) is 33.7 Å². The van der Waals surface area contributed by atoms with Crippen LogP contribution in [-0.4, -0.2) is 28.6 Å². The predicted octanol–water partition coefficient (Wildman–Crippen LogP) is 6.77. The molecular weight excluding hydrogens is 462 g/mol. The second kappa shape index (κ2) is 10.7. The van der Waals surface area contributed by atoms with Gasteiger partial charge in [0.2, 0.25) is 5.91 Å². The van der Waals surface area contributed by atoms with Gasteiger partial charge in [0.25, 0.3) is 0 Å². The van der Waals surface area contributed by atoms with Crippen LogP contribution in [0.2, 0.25) is 0 Å². The van der Waals surface area contributed by atoms with Crippen LogP contribution in [-0.2, 0) is 11.3 Å². The Morgan fingerprint density at radius 1 is 1.16 bits per heavy atom. The minimum atomic E-state index is -0.120. The van der Waals surface area contributed by atoms with Crippen LogP contribution >= 0.6 is 0 Å². The fraction of sp³-hybridized carbons (Fsp3) is 0.226. The number of carbonyl (C=O) groups excluding carboxylic acids is 1. The van der Waals surface area contributed by atoms with Crippen LogP contribution in [0.25, 0.3) is 38.4 Å². The standard InChI is InChI=1S/C31H31N3O3/c1-4-36-30-22(3)31-27(28(19-37-31)25-11-10-23-8-5-6-9-24(23)17-25)18-26(30)21(2)16-29(35)33-12-7-14-34-15-13-32-20-34/h5-6,8-11,13,15-20H,4,7,12,14H2,1-3H3,(H,33,35)/b21-16+. The summed E-state index contributed by atoms with van der Waals surface area (Å²) in [5.41, 5.74) is 5.56. The Morgan fingerprint density at radius 3 is 2.78 bits per heavy atom. The lowest BCUT2D eigenvalue weighted by molar-refractivity contribution is -0.116. The molecule has 0 bridgehead atoms. The average Bonchev–Trinajstić information content (AvgIpc) is 3.58. The number of furan rings is 1. The molecule has 0 atom stereocenters. The van der Waals surface area contributed by atoms with Gasteiger partial charge in [-0.3, -0.25) is 4.79 Å². The fourth-order valence-corrected chi connectivity index (χ4v) is 4.74. The Hall–Kier alpha value is -4.32. The molecule has 0 aliphatic carbocycles. The van der Waals surface area contributed by atoms with Gasteiger partial charge >= 0.3 is 0 Å². The molecule has 0 fully saturated rings. The summed E-state index contributed by atoms with van der Waals surface area (Å²) in [6.07, 6.45) is 9.74. The Kier molecular flexibility index (Phi) is 7.08. The van der Waals surface area contributed by atoms with Gasteiger partial charge in [0.05, 0.1) is 19.2 Å². The van der Waals surface area contributed by atoms with Crippen molar-refractivity contribution in [3.8, 4) is 16.9 Å². The van der Waals surface area contributed by atoms with E-state index in [0.717, 1.165) is 57.5 Å². The molecule has 5 aromatic rings. The van der Waals surface area contributed by atoms with E-state index < -0.39 is 0 Å². The van der Waals surface area contributed by atoms with Crippen molar-refractivity contribution < 1.29 is 13.9 Å². The Bertz CT molecular complexity index is 1580. The number of amides is 1. The topological polar surface area (TPSA) is 69.3 Å². The molecular formula is C31H31N3O3. The molecule has 3 aromatic carbocycles. The van der Waals surface area contributed by atoms with Crippen LogP contribution in [0.1, 0.15) is 31.4 Å². The van der Waals surface area contributed by atoms with Gasteiger partial charge < -0.3 is 19.0 Å². The second-order valence-electron chi connectivity index (χ2n) is 9.17. The highest BCUT2D eigenvalue weighted by Gasteiger charge is 2.19. The number of imidazole rings is 1. The summed E-state index contributed by atoms with van der Waals surface area (Å²) in [6.45, 7) is 7.84. The molecule has 5 rings (SSSR count). The summed E-state index contributed by atoms with van der Waals surface area (Å²) in [5.74, 6) is 0.626. The molecule has 1 amide bonds. The number of ether oxygens (including phenoxy) is 1. The lowest BCUT2D eigenvalue weighted by Gasteiger charge is -2.15. The molecule has 2 heterocycles. The zero-order valence-electron chi connectivity index (χ0n) is 21.5. The third-order valence-electron chi connectivity index (χ3n) is 6.62. The van der Waals surface area contributed by atoms with E-state index in [1.54, 1.807) is 18.6 Å². The molecule has 0 saturated heterocycles. The van der Waals surface area contributed by atoms with E-state index in [1.165, 1.54) is 10.8 Å². The first kappa shape index (κ1) is 24.4. The minimum absolute atomic E-state index is 0.120. The number of nitrogens with one attached hydrogen (secondary N) is 1. The highest BCUT2D eigenvalue weighted by atomic mass is 16.5. The van der Waals surface area contributed by atoms with Crippen LogP contribution in [0.5, 0.6) is 5.75 Å². The Morgan fingerprint density at radius 2 is 2.00 bits per heavy atom. The third kappa shape index (κ3) is 5.14. The molecule has 0 unspecified atom stereocenters. The van der Waals surface area contributed by atoms with Crippen molar-refractivity contribution in [3.63, 3.8) is 0 Å². The van der Waals surface area contributed by atoms with E-state index in [9.17, 15) is 4.79 Å². The van der Waals surface area contributed by atoms with Gasteiger partial charge in [-0.25, -0.2) is 4.98 Å². The van der Waals surface area contributed by atoms with Crippen molar-refractivity contribution in [1.29, 1.82) is 0 Å². The number of rotatable bonds is 9. The maximum absolute atomic E-state index is 12.7.